The highest BCUT2D eigenvalue weighted by Gasteiger charge is 2.59. The molecule has 0 aromatic heterocycles. The average molecular weight is 181 g/mol. The summed E-state index contributed by atoms with van der Waals surface area (Å²) in [6.45, 7) is 0. The van der Waals surface area contributed by atoms with Crippen molar-refractivity contribution in [2.24, 2.45) is 17.8 Å². The van der Waals surface area contributed by atoms with Crippen molar-refractivity contribution in [1.82, 2.24) is 5.32 Å². The highest BCUT2D eigenvalue weighted by atomic mass is 16.5. The molecule has 0 aromatic rings. The fraction of sp³-hybridized carbons (Fsp3) is 0.900. The Morgan fingerprint density at radius 2 is 2.38 bits per heavy atom. The summed E-state index contributed by atoms with van der Waals surface area (Å²) in [6, 6.07) is 0. The van der Waals surface area contributed by atoms with Crippen LogP contribution in [0.5, 0.6) is 0 Å². The van der Waals surface area contributed by atoms with Gasteiger partial charge in [-0.05, 0) is 31.1 Å². The van der Waals surface area contributed by atoms with E-state index in [0.29, 0.717) is 11.8 Å². The first kappa shape index (κ1) is 7.80. The lowest BCUT2D eigenvalue weighted by atomic mass is 9.77. The topological polar surface area (TPSA) is 38.3 Å². The van der Waals surface area contributed by atoms with Gasteiger partial charge in [-0.3, -0.25) is 4.79 Å². The molecule has 0 spiro atoms. The van der Waals surface area contributed by atoms with Gasteiger partial charge in [0, 0.05) is 19.4 Å². The molecule has 3 nitrogen and oxygen atoms in total. The first-order valence-corrected chi connectivity index (χ1v) is 5.10. The van der Waals surface area contributed by atoms with Crippen LogP contribution in [0.2, 0.25) is 0 Å². The second-order valence-corrected chi connectivity index (χ2v) is 4.75. The number of fused-ring (bicyclic) bond motifs is 1. The number of nitrogens with one attached hydrogen (secondary N) is 1. The van der Waals surface area contributed by atoms with E-state index >= 15 is 0 Å². The maximum absolute atomic E-state index is 11.4. The number of hydrogen-bond acceptors (Lipinski definition) is 2. The van der Waals surface area contributed by atoms with Gasteiger partial charge in [-0.15, -0.1) is 0 Å². The van der Waals surface area contributed by atoms with Crippen LogP contribution in [-0.4, -0.2) is 18.7 Å². The van der Waals surface area contributed by atoms with Gasteiger partial charge in [0.2, 0.25) is 5.91 Å². The Balaban J connectivity index is 1.97. The van der Waals surface area contributed by atoms with E-state index in [4.69, 9.17) is 4.74 Å². The van der Waals surface area contributed by atoms with Crippen LogP contribution < -0.4 is 5.32 Å². The van der Waals surface area contributed by atoms with Gasteiger partial charge in [-0.25, -0.2) is 0 Å². The van der Waals surface area contributed by atoms with E-state index in [2.05, 4.69) is 5.32 Å². The number of rotatable bonds is 1. The average Bonchev–Trinajstić information content (AvgIpc) is 2.59. The highest BCUT2D eigenvalue weighted by molar-refractivity contribution is 5.78. The Morgan fingerprint density at radius 3 is 3.08 bits per heavy atom. The fourth-order valence-corrected chi connectivity index (χ4v) is 3.74. The summed E-state index contributed by atoms with van der Waals surface area (Å²) in [5, 5.41) is 3.04. The van der Waals surface area contributed by atoms with Crippen molar-refractivity contribution in [2.45, 2.75) is 31.4 Å². The zero-order valence-electron chi connectivity index (χ0n) is 7.88. The van der Waals surface area contributed by atoms with Crippen molar-refractivity contribution >= 4 is 5.91 Å². The van der Waals surface area contributed by atoms with Crippen LogP contribution >= 0.6 is 0 Å². The summed E-state index contributed by atoms with van der Waals surface area (Å²) in [6.07, 6.45) is 4.28. The fourth-order valence-electron chi connectivity index (χ4n) is 3.74. The molecule has 3 heteroatoms. The van der Waals surface area contributed by atoms with E-state index in [1.807, 2.05) is 0 Å². The molecule has 4 atom stereocenters. The lowest BCUT2D eigenvalue weighted by Gasteiger charge is -2.44. The number of carbonyl (C=O) groups is 1. The van der Waals surface area contributed by atoms with Crippen LogP contribution in [0.4, 0.5) is 0 Å². The molecule has 2 bridgehead atoms. The van der Waals surface area contributed by atoms with Crippen molar-refractivity contribution in [1.29, 1.82) is 0 Å². The smallest absolute Gasteiger partial charge is 0.222 e. The van der Waals surface area contributed by atoms with Gasteiger partial charge in [0.25, 0.3) is 0 Å². The van der Waals surface area contributed by atoms with E-state index in [1.54, 1.807) is 7.11 Å². The van der Waals surface area contributed by atoms with Crippen molar-refractivity contribution in [2.75, 3.05) is 7.11 Å². The van der Waals surface area contributed by atoms with E-state index in [0.717, 1.165) is 18.8 Å². The van der Waals surface area contributed by atoms with Gasteiger partial charge >= 0.3 is 0 Å². The molecule has 1 aliphatic heterocycles. The minimum absolute atomic E-state index is 0.184. The summed E-state index contributed by atoms with van der Waals surface area (Å²) in [7, 11) is 1.73. The van der Waals surface area contributed by atoms with Gasteiger partial charge in [-0.2, -0.15) is 0 Å². The van der Waals surface area contributed by atoms with Crippen LogP contribution in [0.1, 0.15) is 25.7 Å². The Kier molecular flexibility index (Phi) is 1.36. The van der Waals surface area contributed by atoms with Crippen LogP contribution in [0, 0.1) is 17.8 Å². The Bertz CT molecular complexity index is 266. The molecule has 3 fully saturated rings. The quantitative estimate of drug-likeness (QED) is 0.652. The Labute approximate surface area is 77.8 Å². The number of methoxy groups -OCH3 is 1. The van der Waals surface area contributed by atoms with Crippen LogP contribution in [0.25, 0.3) is 0 Å². The molecule has 3 rings (SSSR count). The molecule has 1 heterocycles. The molecule has 13 heavy (non-hydrogen) atoms. The second-order valence-electron chi connectivity index (χ2n) is 4.75. The lowest BCUT2D eigenvalue weighted by Crippen LogP contribution is -2.59. The minimum atomic E-state index is -0.275. The summed E-state index contributed by atoms with van der Waals surface area (Å²) in [5.41, 5.74) is -0.275. The molecular formula is C10H15NO2. The lowest BCUT2D eigenvalue weighted by molar-refractivity contribution is -0.154. The van der Waals surface area contributed by atoms with Crippen molar-refractivity contribution < 1.29 is 9.53 Å². The molecule has 4 unspecified atom stereocenters. The normalized spacial score (nSPS) is 52.4. The molecule has 72 valence electrons. The summed E-state index contributed by atoms with van der Waals surface area (Å²) >= 11 is 0. The first-order valence-electron chi connectivity index (χ1n) is 5.10. The highest BCUT2D eigenvalue weighted by Crippen LogP contribution is 2.57. The maximum Gasteiger partial charge on any atom is 0.222 e. The summed E-state index contributed by atoms with van der Waals surface area (Å²) in [5.74, 6) is 2.19. The third kappa shape index (κ3) is 0.857. The predicted octanol–water partition coefficient (Wildman–Crippen LogP) is 0.895. The van der Waals surface area contributed by atoms with Crippen molar-refractivity contribution in [3.63, 3.8) is 0 Å². The molecule has 1 saturated heterocycles. The third-order valence-electron chi connectivity index (χ3n) is 4.15. The molecule has 2 aliphatic carbocycles. The van der Waals surface area contributed by atoms with Gasteiger partial charge in [0.15, 0.2) is 0 Å². The Hall–Kier alpha value is -0.570. The van der Waals surface area contributed by atoms with Crippen LogP contribution in [0.15, 0.2) is 0 Å². The summed E-state index contributed by atoms with van der Waals surface area (Å²) < 4.78 is 5.54. The van der Waals surface area contributed by atoms with Crippen molar-refractivity contribution in [3.05, 3.63) is 0 Å². The largest absolute Gasteiger partial charge is 0.359 e. The monoisotopic (exact) mass is 181 g/mol. The number of ether oxygens (including phenoxy) is 1. The maximum atomic E-state index is 11.4. The molecule has 1 amide bonds. The first-order chi connectivity index (χ1) is 6.23. The minimum Gasteiger partial charge on any atom is -0.359 e. The molecule has 0 radical (unpaired) electrons. The van der Waals surface area contributed by atoms with Gasteiger partial charge in [0.1, 0.15) is 5.72 Å². The number of piperidine rings is 1. The number of hydrogen-bond donors (Lipinski definition) is 1. The van der Waals surface area contributed by atoms with Gasteiger partial charge in [-0.1, -0.05) is 0 Å². The molecule has 0 aromatic carbocycles. The van der Waals surface area contributed by atoms with Crippen molar-refractivity contribution in [3.8, 4) is 0 Å². The zero-order chi connectivity index (χ0) is 9.05. The number of amides is 1. The number of carbonyl (C=O) groups excluding carboxylic acids is 1. The van der Waals surface area contributed by atoms with Gasteiger partial charge < -0.3 is 10.1 Å². The van der Waals surface area contributed by atoms with Crippen LogP contribution in [0.3, 0.4) is 0 Å². The SMILES string of the molecule is COC12CC3CC(CC(=O)N1)C2C3. The zero-order valence-corrected chi connectivity index (χ0v) is 7.88. The molecule has 1 N–H and O–H groups in total. The Morgan fingerprint density at radius 1 is 1.54 bits per heavy atom. The predicted molar refractivity (Wildman–Crippen MR) is 46.8 cm³/mol. The van der Waals surface area contributed by atoms with E-state index < -0.39 is 0 Å². The standard InChI is InChI=1S/C10H15NO2/c1-13-10-5-6-2-7(8(10)3-6)4-9(12)11-10/h6-8H,2-5H2,1H3,(H,11,12). The van der Waals surface area contributed by atoms with E-state index in [-0.39, 0.29) is 11.6 Å². The molecule has 3 aliphatic rings. The van der Waals surface area contributed by atoms with Gasteiger partial charge in [0.05, 0.1) is 0 Å². The summed E-state index contributed by atoms with van der Waals surface area (Å²) in [4.78, 5) is 11.4. The van der Waals surface area contributed by atoms with E-state index in [9.17, 15) is 4.79 Å². The second kappa shape index (κ2) is 2.27. The molecular weight excluding hydrogens is 166 g/mol. The van der Waals surface area contributed by atoms with Crippen LogP contribution in [-0.2, 0) is 9.53 Å². The molecule has 2 saturated carbocycles. The third-order valence-corrected chi connectivity index (χ3v) is 4.15. The van der Waals surface area contributed by atoms with E-state index in [1.165, 1.54) is 12.8 Å².